The Kier molecular flexibility index (Phi) is 4.70. The monoisotopic (exact) mass is 373 g/mol. The predicted octanol–water partition coefficient (Wildman–Crippen LogP) is 4.99. The number of benzene rings is 2. The van der Waals surface area contributed by atoms with Gasteiger partial charge in [0, 0.05) is 30.0 Å². The van der Waals surface area contributed by atoms with Crippen LogP contribution >= 0.6 is 0 Å². The normalized spacial score (nSPS) is 22.7. The second kappa shape index (κ2) is 7.05. The van der Waals surface area contributed by atoms with Crippen molar-refractivity contribution in [3.8, 4) is 0 Å². The van der Waals surface area contributed by atoms with Crippen molar-refractivity contribution in [2.45, 2.75) is 57.3 Å². The van der Waals surface area contributed by atoms with Crippen molar-refractivity contribution >= 4 is 11.7 Å². The van der Waals surface area contributed by atoms with Crippen molar-refractivity contribution in [2.75, 3.05) is 0 Å². The summed E-state index contributed by atoms with van der Waals surface area (Å²) in [6.45, 7) is 6.60. The van der Waals surface area contributed by atoms with Crippen molar-refractivity contribution in [3.63, 3.8) is 0 Å². The minimum absolute atomic E-state index is 0.00383. The van der Waals surface area contributed by atoms with Gasteiger partial charge in [-0.1, -0.05) is 75.4 Å². The third-order valence-corrected chi connectivity index (χ3v) is 5.99. The number of rotatable bonds is 2. The number of hydrogen-bond donors (Lipinski definition) is 1. The molecule has 0 radical (unpaired) electrons. The Morgan fingerprint density at radius 3 is 2.14 bits per heavy atom. The first kappa shape index (κ1) is 18.7. The third-order valence-electron chi connectivity index (χ3n) is 5.99. The molecule has 1 heterocycles. The van der Waals surface area contributed by atoms with Gasteiger partial charge in [0.05, 0.1) is 0 Å². The van der Waals surface area contributed by atoms with Crippen LogP contribution in [0.3, 0.4) is 0 Å². The van der Waals surface area contributed by atoms with Crippen LogP contribution in [0.2, 0.25) is 0 Å². The molecule has 0 saturated heterocycles. The Bertz CT molecular complexity index is 933. The zero-order valence-electron chi connectivity index (χ0n) is 16.8. The van der Waals surface area contributed by atoms with Gasteiger partial charge in [0.25, 0.3) is 0 Å². The average molecular weight is 373 g/mol. The highest BCUT2D eigenvalue weighted by atomic mass is 16.2. The summed E-state index contributed by atoms with van der Waals surface area (Å²) in [5, 5.41) is 3.00. The molecule has 0 bridgehead atoms. The lowest BCUT2D eigenvalue weighted by atomic mass is 9.73. The molecule has 1 aliphatic carbocycles. The van der Waals surface area contributed by atoms with E-state index >= 15 is 0 Å². The summed E-state index contributed by atoms with van der Waals surface area (Å²) >= 11 is 0. The molecule has 2 atom stereocenters. The van der Waals surface area contributed by atoms with Crippen molar-refractivity contribution in [1.29, 1.82) is 0 Å². The minimum Gasteiger partial charge on any atom is -0.329 e. The Labute approximate surface area is 166 Å². The van der Waals surface area contributed by atoms with Gasteiger partial charge in [-0.25, -0.2) is 0 Å². The summed E-state index contributed by atoms with van der Waals surface area (Å²) in [5.74, 6) is 0.167. The Hall–Kier alpha value is -2.68. The molecule has 2 aromatic rings. The van der Waals surface area contributed by atoms with Gasteiger partial charge in [-0.15, -0.1) is 0 Å². The van der Waals surface area contributed by atoms with E-state index in [9.17, 15) is 9.59 Å². The second-order valence-electron chi connectivity index (χ2n) is 9.01. The average Bonchev–Trinajstić information content (AvgIpc) is 2.67. The van der Waals surface area contributed by atoms with E-state index in [0.29, 0.717) is 19.3 Å². The van der Waals surface area contributed by atoms with E-state index in [0.717, 1.165) is 16.8 Å². The van der Waals surface area contributed by atoms with Crippen LogP contribution in [0.5, 0.6) is 0 Å². The van der Waals surface area contributed by atoms with Gasteiger partial charge in [-0.05, 0) is 34.4 Å². The number of Topliss-reactive ketones (excluding diaryl/α,β-unsaturated/α-hetero) is 1. The number of ketones is 1. The van der Waals surface area contributed by atoms with Gasteiger partial charge in [-0.3, -0.25) is 9.59 Å². The quantitative estimate of drug-likeness (QED) is 0.806. The fraction of sp³-hybridized carbons (Fsp3) is 0.360. The van der Waals surface area contributed by atoms with Gasteiger partial charge in [-0.2, -0.15) is 0 Å². The molecule has 144 valence electrons. The molecule has 4 rings (SSSR count). The van der Waals surface area contributed by atoms with Gasteiger partial charge in [0.15, 0.2) is 5.78 Å². The first-order chi connectivity index (χ1) is 13.3. The van der Waals surface area contributed by atoms with Crippen LogP contribution in [-0.2, 0) is 15.0 Å². The van der Waals surface area contributed by atoms with E-state index in [2.05, 4.69) is 50.4 Å². The number of nitrogens with one attached hydrogen (secondary N) is 1. The fourth-order valence-corrected chi connectivity index (χ4v) is 4.42. The van der Waals surface area contributed by atoms with E-state index in [4.69, 9.17) is 0 Å². The molecule has 0 aromatic heterocycles. The molecule has 28 heavy (non-hydrogen) atoms. The maximum atomic E-state index is 13.1. The van der Waals surface area contributed by atoms with Gasteiger partial charge in [0.1, 0.15) is 0 Å². The Morgan fingerprint density at radius 1 is 0.821 bits per heavy atom. The summed E-state index contributed by atoms with van der Waals surface area (Å²) in [6, 6.07) is 18.5. The molecule has 0 spiro atoms. The number of carbonyl (C=O) groups is 2. The number of amides is 1. The van der Waals surface area contributed by atoms with Crippen LogP contribution in [-0.4, -0.2) is 11.7 Å². The lowest BCUT2D eigenvalue weighted by Gasteiger charge is -2.34. The van der Waals surface area contributed by atoms with Gasteiger partial charge in [0.2, 0.25) is 5.91 Å². The van der Waals surface area contributed by atoms with Crippen LogP contribution in [0.1, 0.15) is 68.6 Å². The number of allylic oxidation sites excluding steroid dienone is 2. The molecule has 0 fully saturated rings. The molecule has 1 amide bonds. The molecular formula is C25H27NO2. The molecule has 0 saturated carbocycles. The zero-order chi connectivity index (χ0) is 19.9. The molecular weight excluding hydrogens is 346 g/mol. The van der Waals surface area contributed by atoms with Crippen molar-refractivity contribution in [3.05, 3.63) is 82.6 Å². The molecule has 2 unspecified atom stereocenters. The highest BCUT2D eigenvalue weighted by Crippen LogP contribution is 2.42. The van der Waals surface area contributed by atoms with E-state index < -0.39 is 0 Å². The van der Waals surface area contributed by atoms with Gasteiger partial charge >= 0.3 is 0 Å². The lowest BCUT2D eigenvalue weighted by molar-refractivity contribution is -0.122. The molecule has 1 aliphatic heterocycles. The van der Waals surface area contributed by atoms with Crippen LogP contribution in [0.15, 0.2) is 65.9 Å². The Balaban J connectivity index is 1.65. The standard InChI is InChI=1S/C25H27NO2/c1-25(2,3)19-11-9-16(10-12-19)18-13-21-24(22(27)14-18)20(15-23(28)26-21)17-7-5-4-6-8-17/h4-12,18,20H,13-15H2,1-3H3,(H,26,28). The van der Waals surface area contributed by atoms with Crippen molar-refractivity contribution in [2.24, 2.45) is 0 Å². The predicted molar refractivity (Wildman–Crippen MR) is 111 cm³/mol. The minimum atomic E-state index is -0.123. The smallest absolute Gasteiger partial charge is 0.225 e. The van der Waals surface area contributed by atoms with E-state index in [1.54, 1.807) is 0 Å². The number of carbonyl (C=O) groups excluding carboxylic acids is 2. The van der Waals surface area contributed by atoms with E-state index in [1.165, 1.54) is 11.1 Å². The van der Waals surface area contributed by atoms with Crippen LogP contribution in [0, 0.1) is 0 Å². The van der Waals surface area contributed by atoms with Crippen LogP contribution < -0.4 is 5.32 Å². The molecule has 3 nitrogen and oxygen atoms in total. The lowest BCUT2D eigenvalue weighted by Crippen LogP contribution is -2.38. The summed E-state index contributed by atoms with van der Waals surface area (Å²) in [6.07, 6.45) is 1.57. The van der Waals surface area contributed by atoms with Crippen molar-refractivity contribution in [1.82, 2.24) is 5.32 Å². The van der Waals surface area contributed by atoms with Crippen LogP contribution in [0.25, 0.3) is 0 Å². The summed E-state index contributed by atoms with van der Waals surface area (Å²) < 4.78 is 0. The molecule has 3 heteroatoms. The zero-order valence-corrected chi connectivity index (χ0v) is 16.8. The summed E-state index contributed by atoms with van der Waals surface area (Å²) in [4.78, 5) is 25.5. The van der Waals surface area contributed by atoms with Gasteiger partial charge < -0.3 is 5.32 Å². The number of hydrogen-bond acceptors (Lipinski definition) is 2. The highest BCUT2D eigenvalue weighted by Gasteiger charge is 2.38. The summed E-state index contributed by atoms with van der Waals surface area (Å²) in [7, 11) is 0. The summed E-state index contributed by atoms with van der Waals surface area (Å²) in [5.41, 5.74) is 5.25. The SMILES string of the molecule is CC(C)(C)c1ccc(C2CC(=O)C3=C(C2)NC(=O)CC3c2ccccc2)cc1. The van der Waals surface area contributed by atoms with E-state index in [1.807, 2.05) is 30.3 Å². The maximum absolute atomic E-state index is 13.1. The first-order valence-corrected chi connectivity index (χ1v) is 10.0. The molecule has 2 aliphatic rings. The van der Waals surface area contributed by atoms with Crippen LogP contribution in [0.4, 0.5) is 0 Å². The Morgan fingerprint density at radius 2 is 1.50 bits per heavy atom. The first-order valence-electron chi connectivity index (χ1n) is 10.0. The second-order valence-corrected chi connectivity index (χ2v) is 9.01. The molecule has 2 aromatic carbocycles. The largest absolute Gasteiger partial charge is 0.329 e. The maximum Gasteiger partial charge on any atom is 0.225 e. The van der Waals surface area contributed by atoms with Crippen molar-refractivity contribution < 1.29 is 9.59 Å². The van der Waals surface area contributed by atoms with E-state index in [-0.39, 0.29) is 28.9 Å². The fourth-order valence-electron chi connectivity index (χ4n) is 4.42. The highest BCUT2D eigenvalue weighted by molar-refractivity contribution is 6.02. The third kappa shape index (κ3) is 3.54. The molecule has 1 N–H and O–H groups in total. The topological polar surface area (TPSA) is 46.2 Å².